The van der Waals surface area contributed by atoms with Gasteiger partial charge in [-0.15, -0.1) is 11.3 Å². The summed E-state index contributed by atoms with van der Waals surface area (Å²) >= 11 is 1.67. The van der Waals surface area contributed by atoms with Crippen LogP contribution in [0.25, 0.3) is 10.2 Å². The Kier molecular flexibility index (Phi) is 3.24. The third-order valence-corrected chi connectivity index (χ3v) is 4.14. The SMILES string of the molecule is Cc1sc2ncnc(CC(=O)C(C)C)c2c1C. The highest BCUT2D eigenvalue weighted by atomic mass is 32.1. The lowest BCUT2D eigenvalue weighted by atomic mass is 10.0. The van der Waals surface area contributed by atoms with Crippen LogP contribution in [0.1, 0.15) is 30.0 Å². The Bertz CT molecular complexity index is 572. The molecule has 0 atom stereocenters. The lowest BCUT2D eigenvalue weighted by Gasteiger charge is -2.05. The minimum Gasteiger partial charge on any atom is -0.299 e. The van der Waals surface area contributed by atoms with Crippen molar-refractivity contribution in [1.82, 2.24) is 9.97 Å². The van der Waals surface area contributed by atoms with Crippen molar-refractivity contribution in [3.05, 3.63) is 22.5 Å². The summed E-state index contributed by atoms with van der Waals surface area (Å²) in [5, 5.41) is 1.07. The molecule has 0 bridgehead atoms. The number of hydrogen-bond donors (Lipinski definition) is 0. The van der Waals surface area contributed by atoms with Crippen molar-refractivity contribution in [2.24, 2.45) is 5.92 Å². The van der Waals surface area contributed by atoms with E-state index in [1.54, 1.807) is 17.7 Å². The minimum absolute atomic E-state index is 0.0556. The lowest BCUT2D eigenvalue weighted by molar-refractivity contribution is -0.121. The van der Waals surface area contributed by atoms with Gasteiger partial charge in [0.25, 0.3) is 0 Å². The van der Waals surface area contributed by atoms with Gasteiger partial charge in [-0.1, -0.05) is 13.8 Å². The van der Waals surface area contributed by atoms with Gasteiger partial charge in [-0.2, -0.15) is 0 Å². The van der Waals surface area contributed by atoms with Crippen molar-refractivity contribution >= 4 is 27.3 Å². The topological polar surface area (TPSA) is 42.9 Å². The number of thiophene rings is 1. The van der Waals surface area contributed by atoms with Crippen LogP contribution in [0.4, 0.5) is 0 Å². The quantitative estimate of drug-likeness (QED) is 0.838. The summed E-state index contributed by atoms with van der Waals surface area (Å²) < 4.78 is 0. The summed E-state index contributed by atoms with van der Waals surface area (Å²) in [6.45, 7) is 8.00. The first kappa shape index (κ1) is 12.2. The number of carbonyl (C=O) groups is 1. The molecule has 0 radical (unpaired) electrons. The summed E-state index contributed by atoms with van der Waals surface area (Å²) in [6, 6.07) is 0. The molecule has 0 aliphatic rings. The van der Waals surface area contributed by atoms with E-state index < -0.39 is 0 Å². The summed E-state index contributed by atoms with van der Waals surface area (Å²) in [5.74, 6) is 0.285. The number of nitrogens with zero attached hydrogens (tertiary/aromatic N) is 2. The van der Waals surface area contributed by atoms with E-state index in [-0.39, 0.29) is 11.7 Å². The molecule has 3 nitrogen and oxygen atoms in total. The van der Waals surface area contributed by atoms with Gasteiger partial charge in [0.15, 0.2) is 0 Å². The van der Waals surface area contributed by atoms with Crippen LogP contribution in [0.3, 0.4) is 0 Å². The van der Waals surface area contributed by atoms with E-state index in [0.29, 0.717) is 6.42 Å². The number of aromatic nitrogens is 2. The molecule has 0 spiro atoms. The molecule has 4 heteroatoms. The highest BCUT2D eigenvalue weighted by molar-refractivity contribution is 7.18. The second-order valence-corrected chi connectivity index (χ2v) is 5.78. The third kappa shape index (κ3) is 2.22. The molecule has 2 aromatic rings. The van der Waals surface area contributed by atoms with Gasteiger partial charge < -0.3 is 0 Å². The molecule has 0 saturated carbocycles. The van der Waals surface area contributed by atoms with Gasteiger partial charge in [0, 0.05) is 22.6 Å². The maximum Gasteiger partial charge on any atom is 0.141 e. The standard InChI is InChI=1S/C13H16N2OS/c1-7(2)11(16)5-10-12-8(3)9(4)17-13(12)15-6-14-10/h6-7H,5H2,1-4H3. The molecule has 0 N–H and O–H groups in total. The van der Waals surface area contributed by atoms with E-state index in [1.165, 1.54) is 10.4 Å². The molecule has 0 fully saturated rings. The Morgan fingerprint density at radius 2 is 2.06 bits per heavy atom. The maximum atomic E-state index is 11.8. The first-order valence-corrected chi connectivity index (χ1v) is 6.54. The van der Waals surface area contributed by atoms with Gasteiger partial charge in [0.05, 0.1) is 5.69 Å². The molecular formula is C13H16N2OS. The summed E-state index contributed by atoms with van der Waals surface area (Å²) in [4.78, 5) is 22.6. The zero-order valence-corrected chi connectivity index (χ0v) is 11.4. The van der Waals surface area contributed by atoms with Gasteiger partial charge in [-0.05, 0) is 19.4 Å². The second kappa shape index (κ2) is 4.53. The van der Waals surface area contributed by atoms with E-state index in [2.05, 4.69) is 23.8 Å². The molecular weight excluding hydrogens is 232 g/mol. The van der Waals surface area contributed by atoms with Gasteiger partial charge in [0.2, 0.25) is 0 Å². The highest BCUT2D eigenvalue weighted by Crippen LogP contribution is 2.30. The molecule has 0 saturated heterocycles. The van der Waals surface area contributed by atoms with Crippen LogP contribution in [0.2, 0.25) is 0 Å². The average molecular weight is 248 g/mol. The van der Waals surface area contributed by atoms with Crippen molar-refractivity contribution in [1.29, 1.82) is 0 Å². The van der Waals surface area contributed by atoms with Crippen molar-refractivity contribution in [3.8, 4) is 0 Å². The number of hydrogen-bond acceptors (Lipinski definition) is 4. The predicted molar refractivity (Wildman–Crippen MR) is 70.4 cm³/mol. The fourth-order valence-corrected chi connectivity index (χ4v) is 2.78. The first-order valence-electron chi connectivity index (χ1n) is 5.73. The van der Waals surface area contributed by atoms with E-state index in [1.807, 2.05) is 13.8 Å². The number of aryl methyl sites for hydroxylation is 2. The largest absolute Gasteiger partial charge is 0.299 e. The molecule has 2 rings (SSSR count). The van der Waals surface area contributed by atoms with Crippen molar-refractivity contribution in [2.75, 3.05) is 0 Å². The number of carbonyl (C=O) groups excluding carboxylic acids is 1. The Labute approximate surface area is 105 Å². The number of Topliss-reactive ketones (excluding diaryl/α,β-unsaturated/α-hetero) is 1. The second-order valence-electron chi connectivity index (χ2n) is 4.58. The Morgan fingerprint density at radius 1 is 1.35 bits per heavy atom. The van der Waals surface area contributed by atoms with E-state index in [4.69, 9.17) is 0 Å². The first-order chi connectivity index (χ1) is 8.00. The molecule has 0 aromatic carbocycles. The van der Waals surface area contributed by atoms with Crippen molar-refractivity contribution in [2.45, 2.75) is 34.1 Å². The van der Waals surface area contributed by atoms with Gasteiger partial charge in [0.1, 0.15) is 16.9 Å². The van der Waals surface area contributed by atoms with E-state index >= 15 is 0 Å². The molecule has 0 unspecified atom stereocenters. The fourth-order valence-electron chi connectivity index (χ4n) is 1.76. The van der Waals surface area contributed by atoms with E-state index in [0.717, 1.165) is 15.9 Å². The number of fused-ring (bicyclic) bond motifs is 1. The maximum absolute atomic E-state index is 11.8. The smallest absolute Gasteiger partial charge is 0.141 e. The summed E-state index contributed by atoms with van der Waals surface area (Å²) in [7, 11) is 0. The monoisotopic (exact) mass is 248 g/mol. The zero-order chi connectivity index (χ0) is 12.6. The Hall–Kier alpha value is -1.29. The Balaban J connectivity index is 2.50. The number of ketones is 1. The molecule has 0 aliphatic carbocycles. The zero-order valence-electron chi connectivity index (χ0n) is 10.6. The van der Waals surface area contributed by atoms with Crippen LogP contribution in [0.15, 0.2) is 6.33 Å². The Morgan fingerprint density at radius 3 is 2.71 bits per heavy atom. The van der Waals surface area contributed by atoms with Crippen LogP contribution in [-0.2, 0) is 11.2 Å². The molecule has 90 valence electrons. The highest BCUT2D eigenvalue weighted by Gasteiger charge is 2.15. The molecule has 17 heavy (non-hydrogen) atoms. The van der Waals surface area contributed by atoms with Gasteiger partial charge >= 0.3 is 0 Å². The van der Waals surface area contributed by atoms with Crippen LogP contribution >= 0.6 is 11.3 Å². The average Bonchev–Trinajstić information content (AvgIpc) is 2.56. The van der Waals surface area contributed by atoms with Crippen LogP contribution < -0.4 is 0 Å². The normalized spacial score (nSPS) is 11.4. The van der Waals surface area contributed by atoms with Crippen LogP contribution in [0.5, 0.6) is 0 Å². The molecule has 0 amide bonds. The summed E-state index contributed by atoms with van der Waals surface area (Å²) in [6.07, 6.45) is 1.97. The van der Waals surface area contributed by atoms with Crippen LogP contribution in [-0.4, -0.2) is 15.8 Å². The summed E-state index contributed by atoms with van der Waals surface area (Å²) in [5.41, 5.74) is 2.08. The van der Waals surface area contributed by atoms with E-state index in [9.17, 15) is 4.79 Å². The van der Waals surface area contributed by atoms with Crippen molar-refractivity contribution in [3.63, 3.8) is 0 Å². The lowest BCUT2D eigenvalue weighted by Crippen LogP contribution is -2.11. The molecule has 0 aliphatic heterocycles. The van der Waals surface area contributed by atoms with Gasteiger partial charge in [-0.3, -0.25) is 4.79 Å². The number of rotatable bonds is 3. The predicted octanol–water partition coefficient (Wildman–Crippen LogP) is 3.08. The third-order valence-electron chi connectivity index (χ3n) is 3.03. The van der Waals surface area contributed by atoms with Crippen molar-refractivity contribution < 1.29 is 4.79 Å². The fraction of sp³-hybridized carbons (Fsp3) is 0.462. The van der Waals surface area contributed by atoms with Gasteiger partial charge in [-0.25, -0.2) is 9.97 Å². The molecule has 2 heterocycles. The van der Waals surface area contributed by atoms with Crippen LogP contribution in [0, 0.1) is 19.8 Å². The minimum atomic E-state index is 0.0556. The molecule has 2 aromatic heterocycles.